The Morgan fingerprint density at radius 1 is 1.03 bits per heavy atom. The zero-order chi connectivity index (χ0) is 20.5. The van der Waals surface area contributed by atoms with Gasteiger partial charge >= 0.3 is 5.97 Å². The van der Waals surface area contributed by atoms with Crippen LogP contribution in [0.2, 0.25) is 0 Å². The number of para-hydroxylation sites is 1. The van der Waals surface area contributed by atoms with Crippen molar-refractivity contribution in [3.8, 4) is 5.75 Å². The Morgan fingerprint density at radius 2 is 1.72 bits per heavy atom. The van der Waals surface area contributed by atoms with Crippen LogP contribution >= 0.6 is 0 Å². The molecule has 29 heavy (non-hydrogen) atoms. The number of carboxylic acid groups (broad SMARTS) is 1. The first-order valence-electron chi connectivity index (χ1n) is 8.68. The SMILES string of the molecule is COc1ccc(C(C(=O)O)N(c2ccc3oc4ccccc4c3c2)S(=O)O)cc1. The summed E-state index contributed by atoms with van der Waals surface area (Å²) in [4.78, 5) is 12.1. The van der Waals surface area contributed by atoms with Gasteiger partial charge in [0.1, 0.15) is 16.9 Å². The van der Waals surface area contributed by atoms with E-state index in [0.29, 0.717) is 22.5 Å². The Kier molecular flexibility index (Phi) is 4.96. The molecule has 0 saturated heterocycles. The topological polar surface area (TPSA) is 100 Å². The molecule has 0 spiro atoms. The van der Waals surface area contributed by atoms with Gasteiger partial charge in [-0.2, -0.15) is 0 Å². The molecule has 0 radical (unpaired) electrons. The fourth-order valence-electron chi connectivity index (χ4n) is 3.35. The van der Waals surface area contributed by atoms with E-state index in [0.717, 1.165) is 15.1 Å². The summed E-state index contributed by atoms with van der Waals surface area (Å²) in [5.41, 5.74) is 1.92. The van der Waals surface area contributed by atoms with E-state index < -0.39 is 23.3 Å². The lowest BCUT2D eigenvalue weighted by atomic mass is 10.1. The van der Waals surface area contributed by atoms with Crippen molar-refractivity contribution in [2.45, 2.75) is 6.04 Å². The zero-order valence-corrected chi connectivity index (χ0v) is 16.1. The van der Waals surface area contributed by atoms with E-state index in [1.165, 1.54) is 7.11 Å². The quantitative estimate of drug-likeness (QED) is 0.457. The predicted molar refractivity (Wildman–Crippen MR) is 110 cm³/mol. The second-order valence-electron chi connectivity index (χ2n) is 6.35. The number of furan rings is 1. The summed E-state index contributed by atoms with van der Waals surface area (Å²) in [7, 11) is 1.50. The van der Waals surface area contributed by atoms with Gasteiger partial charge in [0.25, 0.3) is 11.3 Å². The highest BCUT2D eigenvalue weighted by Gasteiger charge is 2.32. The summed E-state index contributed by atoms with van der Waals surface area (Å²) in [6.45, 7) is 0. The smallest absolute Gasteiger partial charge is 0.332 e. The van der Waals surface area contributed by atoms with E-state index in [1.807, 2.05) is 24.3 Å². The van der Waals surface area contributed by atoms with E-state index in [9.17, 15) is 18.7 Å². The van der Waals surface area contributed by atoms with E-state index in [2.05, 4.69) is 0 Å². The molecule has 0 aliphatic heterocycles. The minimum atomic E-state index is -2.59. The molecule has 0 fully saturated rings. The number of nitrogens with zero attached hydrogens (tertiary/aromatic N) is 1. The maximum absolute atomic E-state index is 12.2. The molecule has 2 unspecified atom stereocenters. The first kappa shape index (κ1) is 19.0. The van der Waals surface area contributed by atoms with Crippen LogP contribution in [0.4, 0.5) is 5.69 Å². The average Bonchev–Trinajstić information content (AvgIpc) is 3.09. The summed E-state index contributed by atoms with van der Waals surface area (Å²) < 4.78 is 34.0. The number of benzene rings is 3. The molecule has 1 aromatic heterocycles. The molecule has 8 heteroatoms. The van der Waals surface area contributed by atoms with Gasteiger partial charge < -0.3 is 14.3 Å². The molecule has 0 saturated carbocycles. The highest BCUT2D eigenvalue weighted by Crippen LogP contribution is 2.35. The number of fused-ring (bicyclic) bond motifs is 3. The number of carbonyl (C=O) groups is 1. The molecular weight excluding hydrogens is 394 g/mol. The standard InChI is InChI=1S/C21H17NO6S/c1-27-15-9-6-13(7-10-15)20(21(23)24)22(29(25)26)14-8-11-19-17(12-14)16-4-2-3-5-18(16)28-19/h2-12,20H,1H3,(H,23,24)(H,25,26). The third kappa shape index (κ3) is 3.43. The Morgan fingerprint density at radius 3 is 2.38 bits per heavy atom. The van der Waals surface area contributed by atoms with E-state index >= 15 is 0 Å². The molecule has 4 rings (SSSR count). The van der Waals surface area contributed by atoms with Crippen molar-refractivity contribution in [2.75, 3.05) is 11.4 Å². The Labute approximate surface area is 168 Å². The van der Waals surface area contributed by atoms with Crippen molar-refractivity contribution in [2.24, 2.45) is 0 Å². The van der Waals surface area contributed by atoms with Crippen LogP contribution < -0.4 is 9.04 Å². The largest absolute Gasteiger partial charge is 0.497 e. The van der Waals surface area contributed by atoms with Crippen molar-refractivity contribution < 1.29 is 27.8 Å². The van der Waals surface area contributed by atoms with Crippen LogP contribution in [0.5, 0.6) is 5.75 Å². The molecule has 2 N–H and O–H groups in total. The van der Waals surface area contributed by atoms with Crippen LogP contribution in [-0.4, -0.2) is 26.9 Å². The number of aliphatic carboxylic acids is 1. The molecular formula is C21H17NO6S. The first-order chi connectivity index (χ1) is 14.0. The number of anilines is 1. The minimum absolute atomic E-state index is 0.285. The third-order valence-corrected chi connectivity index (χ3v) is 5.44. The van der Waals surface area contributed by atoms with Crippen molar-refractivity contribution in [1.29, 1.82) is 0 Å². The third-order valence-electron chi connectivity index (χ3n) is 4.68. The van der Waals surface area contributed by atoms with Crippen molar-refractivity contribution >= 4 is 44.9 Å². The maximum Gasteiger partial charge on any atom is 0.332 e. The fraction of sp³-hybridized carbons (Fsp3) is 0.0952. The lowest BCUT2D eigenvalue weighted by Gasteiger charge is -2.27. The zero-order valence-electron chi connectivity index (χ0n) is 15.3. The monoisotopic (exact) mass is 411 g/mol. The summed E-state index contributed by atoms with van der Waals surface area (Å²) in [6.07, 6.45) is 0. The van der Waals surface area contributed by atoms with Gasteiger partial charge in [-0.1, -0.05) is 30.3 Å². The number of carboxylic acids is 1. The van der Waals surface area contributed by atoms with Crippen LogP contribution in [0.25, 0.3) is 21.9 Å². The van der Waals surface area contributed by atoms with Crippen molar-refractivity contribution in [3.05, 3.63) is 72.3 Å². The summed E-state index contributed by atoms with van der Waals surface area (Å²) in [5, 5.41) is 11.4. The highest BCUT2D eigenvalue weighted by atomic mass is 32.2. The number of methoxy groups -OCH3 is 1. The van der Waals surface area contributed by atoms with Gasteiger partial charge in [0.2, 0.25) is 0 Å². The summed E-state index contributed by atoms with van der Waals surface area (Å²) in [6, 6.07) is 17.3. The number of ether oxygens (including phenoxy) is 1. The van der Waals surface area contributed by atoms with Crippen LogP contribution in [0.3, 0.4) is 0 Å². The lowest BCUT2D eigenvalue weighted by molar-refractivity contribution is -0.138. The van der Waals surface area contributed by atoms with Gasteiger partial charge in [-0.25, -0.2) is 9.00 Å². The van der Waals surface area contributed by atoms with Crippen molar-refractivity contribution in [1.82, 2.24) is 0 Å². The number of rotatable bonds is 6. The molecule has 7 nitrogen and oxygen atoms in total. The Hall–Kier alpha value is -3.36. The second-order valence-corrected chi connectivity index (χ2v) is 7.20. The first-order valence-corrected chi connectivity index (χ1v) is 9.74. The van der Waals surface area contributed by atoms with Gasteiger partial charge in [0.15, 0.2) is 6.04 Å². The lowest BCUT2D eigenvalue weighted by Crippen LogP contribution is -2.35. The molecule has 2 atom stereocenters. The second kappa shape index (κ2) is 7.57. The van der Waals surface area contributed by atoms with Gasteiger partial charge in [0.05, 0.1) is 12.8 Å². The molecule has 0 bridgehead atoms. The molecule has 3 aromatic carbocycles. The normalized spacial score (nSPS) is 13.3. The predicted octanol–water partition coefficient (Wildman–Crippen LogP) is 4.36. The molecule has 0 aliphatic rings. The van der Waals surface area contributed by atoms with Crippen LogP contribution in [-0.2, 0) is 16.1 Å². The van der Waals surface area contributed by atoms with Gasteiger partial charge in [0, 0.05) is 10.8 Å². The average molecular weight is 411 g/mol. The molecule has 148 valence electrons. The Balaban J connectivity index is 1.85. The molecule has 0 amide bonds. The van der Waals surface area contributed by atoms with E-state index in [-0.39, 0.29) is 5.69 Å². The van der Waals surface area contributed by atoms with Gasteiger partial charge in [-0.15, -0.1) is 0 Å². The highest BCUT2D eigenvalue weighted by molar-refractivity contribution is 7.80. The van der Waals surface area contributed by atoms with Crippen molar-refractivity contribution in [3.63, 3.8) is 0 Å². The molecule has 1 heterocycles. The fourth-order valence-corrected chi connectivity index (χ4v) is 4.03. The van der Waals surface area contributed by atoms with Crippen LogP contribution in [0.15, 0.2) is 71.1 Å². The number of hydrogen-bond donors (Lipinski definition) is 2. The minimum Gasteiger partial charge on any atom is -0.497 e. The van der Waals surface area contributed by atoms with E-state index in [4.69, 9.17) is 9.15 Å². The molecule has 0 aliphatic carbocycles. The van der Waals surface area contributed by atoms with Crippen LogP contribution in [0, 0.1) is 0 Å². The molecule has 4 aromatic rings. The van der Waals surface area contributed by atoms with E-state index in [1.54, 1.807) is 42.5 Å². The van der Waals surface area contributed by atoms with Gasteiger partial charge in [-0.3, -0.25) is 8.86 Å². The van der Waals surface area contributed by atoms with Crippen LogP contribution in [0.1, 0.15) is 11.6 Å². The Bertz CT molecular complexity index is 1220. The van der Waals surface area contributed by atoms with Gasteiger partial charge in [-0.05, 0) is 42.0 Å². The number of hydrogen-bond acceptors (Lipinski definition) is 4. The summed E-state index contributed by atoms with van der Waals surface area (Å²) in [5.74, 6) is -0.699. The summed E-state index contributed by atoms with van der Waals surface area (Å²) >= 11 is -2.59. The maximum atomic E-state index is 12.2.